The maximum atomic E-state index is 12.5. The second-order valence-electron chi connectivity index (χ2n) is 6.39. The Morgan fingerprint density at radius 2 is 2.04 bits per heavy atom. The number of aryl methyl sites for hydroxylation is 1. The Balaban J connectivity index is 1.72. The van der Waals surface area contributed by atoms with Crippen LogP contribution in [-0.4, -0.2) is 48.0 Å². The van der Waals surface area contributed by atoms with E-state index in [1.165, 1.54) is 11.3 Å². The lowest BCUT2D eigenvalue weighted by Gasteiger charge is -2.12. The van der Waals surface area contributed by atoms with Crippen LogP contribution in [-0.2, 0) is 20.8 Å². The summed E-state index contributed by atoms with van der Waals surface area (Å²) >= 11 is 1.32. The minimum absolute atomic E-state index is 0.349. The summed E-state index contributed by atoms with van der Waals surface area (Å²) in [6.45, 7) is 4.86. The van der Waals surface area contributed by atoms with Gasteiger partial charge in [0.1, 0.15) is 9.71 Å². The van der Waals surface area contributed by atoms with Crippen LogP contribution < -0.4 is 5.32 Å². The van der Waals surface area contributed by atoms with Crippen LogP contribution in [0.2, 0.25) is 0 Å². The van der Waals surface area contributed by atoms with Crippen LogP contribution in [0.3, 0.4) is 0 Å². The first-order valence-electron chi connectivity index (χ1n) is 8.98. The number of benzene rings is 1. The number of nitrogens with zero attached hydrogens (tertiary/aromatic N) is 2. The Kier molecular flexibility index (Phi) is 6.43. The molecule has 0 bridgehead atoms. The van der Waals surface area contributed by atoms with Crippen molar-refractivity contribution >= 4 is 33.4 Å². The van der Waals surface area contributed by atoms with E-state index >= 15 is 0 Å². The molecular weight excluding hydrogens is 378 g/mol. The molecular formula is C20H23N3O4S. The highest BCUT2D eigenvalue weighted by atomic mass is 32.1. The largest absolute Gasteiger partial charge is 0.448 e. The van der Waals surface area contributed by atoms with E-state index in [-0.39, 0.29) is 5.91 Å². The molecule has 0 unspecified atom stereocenters. The number of carbonyl (C=O) groups is 2. The van der Waals surface area contributed by atoms with E-state index in [2.05, 4.69) is 10.4 Å². The van der Waals surface area contributed by atoms with Crippen molar-refractivity contribution in [3.05, 3.63) is 52.5 Å². The summed E-state index contributed by atoms with van der Waals surface area (Å²) < 4.78 is 12.1. The fourth-order valence-corrected chi connectivity index (χ4v) is 3.81. The minimum Gasteiger partial charge on any atom is -0.448 e. The lowest BCUT2D eigenvalue weighted by atomic mass is 10.2. The Morgan fingerprint density at radius 3 is 2.75 bits per heavy atom. The minimum atomic E-state index is -0.878. The SMILES string of the molecule is COCCNC(=O)[C@@H](C)OC(=O)c1cc2c(C)nn(Cc3ccccc3)c2s1. The second kappa shape index (κ2) is 8.99. The maximum absolute atomic E-state index is 12.5. The van der Waals surface area contributed by atoms with Crippen LogP contribution in [0, 0.1) is 6.92 Å². The summed E-state index contributed by atoms with van der Waals surface area (Å²) in [7, 11) is 1.55. The first-order chi connectivity index (χ1) is 13.5. The lowest BCUT2D eigenvalue weighted by Crippen LogP contribution is -2.37. The third-order valence-corrected chi connectivity index (χ3v) is 5.37. The molecule has 0 aliphatic heterocycles. The average molecular weight is 401 g/mol. The van der Waals surface area contributed by atoms with E-state index in [1.807, 2.05) is 41.9 Å². The monoisotopic (exact) mass is 401 g/mol. The van der Waals surface area contributed by atoms with Gasteiger partial charge < -0.3 is 14.8 Å². The quantitative estimate of drug-likeness (QED) is 0.464. The van der Waals surface area contributed by atoms with Gasteiger partial charge in [-0.15, -0.1) is 11.3 Å². The van der Waals surface area contributed by atoms with Crippen molar-refractivity contribution < 1.29 is 19.1 Å². The fraction of sp³-hybridized carbons (Fsp3) is 0.350. The number of fused-ring (bicyclic) bond motifs is 1. The van der Waals surface area contributed by atoms with Crippen molar-refractivity contribution in [1.82, 2.24) is 15.1 Å². The van der Waals surface area contributed by atoms with Crippen LogP contribution in [0.15, 0.2) is 36.4 Å². The van der Waals surface area contributed by atoms with Gasteiger partial charge in [0.2, 0.25) is 0 Å². The van der Waals surface area contributed by atoms with E-state index in [0.29, 0.717) is 24.6 Å². The summed E-state index contributed by atoms with van der Waals surface area (Å²) in [5.74, 6) is -0.862. The number of methoxy groups -OCH3 is 1. The van der Waals surface area contributed by atoms with Crippen LogP contribution in [0.4, 0.5) is 0 Å². The van der Waals surface area contributed by atoms with E-state index in [9.17, 15) is 9.59 Å². The number of nitrogens with one attached hydrogen (secondary N) is 1. The number of aromatic nitrogens is 2. The van der Waals surface area contributed by atoms with Gasteiger partial charge in [-0.1, -0.05) is 30.3 Å². The molecule has 148 valence electrons. The smallest absolute Gasteiger partial charge is 0.349 e. The number of hydrogen-bond donors (Lipinski definition) is 1. The molecule has 0 radical (unpaired) electrons. The van der Waals surface area contributed by atoms with E-state index in [1.54, 1.807) is 20.1 Å². The van der Waals surface area contributed by atoms with Crippen LogP contribution in [0.1, 0.15) is 27.9 Å². The van der Waals surface area contributed by atoms with Crippen LogP contribution in [0.25, 0.3) is 10.2 Å². The Labute approximate surface area is 167 Å². The van der Waals surface area contributed by atoms with Gasteiger partial charge in [0.05, 0.1) is 18.8 Å². The van der Waals surface area contributed by atoms with Gasteiger partial charge >= 0.3 is 5.97 Å². The molecule has 7 nitrogen and oxygen atoms in total. The summed E-state index contributed by atoms with van der Waals surface area (Å²) in [5, 5.41) is 8.15. The van der Waals surface area contributed by atoms with Crippen molar-refractivity contribution in [3.8, 4) is 0 Å². The predicted molar refractivity (Wildman–Crippen MR) is 108 cm³/mol. The summed E-state index contributed by atoms with van der Waals surface area (Å²) in [6, 6.07) is 11.8. The zero-order chi connectivity index (χ0) is 20.1. The van der Waals surface area contributed by atoms with E-state index in [4.69, 9.17) is 9.47 Å². The molecule has 1 N–H and O–H groups in total. The molecule has 0 spiro atoms. The molecule has 3 rings (SSSR count). The third kappa shape index (κ3) is 4.58. The standard InChI is InChI=1S/C20H23N3O4S/c1-13-16-11-17(20(25)27-14(2)18(24)21-9-10-26-3)28-19(16)23(22-13)12-15-7-5-4-6-8-15/h4-8,11,14H,9-10,12H2,1-3H3,(H,21,24)/t14-/m1/s1. The molecule has 1 aromatic carbocycles. The van der Waals surface area contributed by atoms with Crippen molar-refractivity contribution in [1.29, 1.82) is 0 Å². The van der Waals surface area contributed by atoms with E-state index in [0.717, 1.165) is 21.5 Å². The maximum Gasteiger partial charge on any atom is 0.349 e. The van der Waals surface area contributed by atoms with Gasteiger partial charge in [-0.2, -0.15) is 5.10 Å². The molecule has 3 aromatic rings. The molecule has 0 fully saturated rings. The molecule has 0 saturated carbocycles. The molecule has 0 aliphatic rings. The molecule has 2 aromatic heterocycles. The van der Waals surface area contributed by atoms with Crippen LogP contribution >= 0.6 is 11.3 Å². The number of thiophene rings is 1. The zero-order valence-corrected chi connectivity index (χ0v) is 16.9. The summed E-state index contributed by atoms with van der Waals surface area (Å²) in [5.41, 5.74) is 1.98. The van der Waals surface area contributed by atoms with Gasteiger partial charge in [0.15, 0.2) is 6.10 Å². The van der Waals surface area contributed by atoms with Gasteiger partial charge in [0, 0.05) is 19.0 Å². The number of amides is 1. The Hall–Kier alpha value is -2.71. The highest BCUT2D eigenvalue weighted by Gasteiger charge is 2.22. The predicted octanol–water partition coefficient (Wildman–Crippen LogP) is 2.76. The van der Waals surface area contributed by atoms with Crippen molar-refractivity contribution in [2.75, 3.05) is 20.3 Å². The number of esters is 1. The van der Waals surface area contributed by atoms with Crippen molar-refractivity contribution in [2.45, 2.75) is 26.5 Å². The lowest BCUT2D eigenvalue weighted by molar-refractivity contribution is -0.129. The third-order valence-electron chi connectivity index (χ3n) is 4.24. The molecule has 0 aliphatic carbocycles. The van der Waals surface area contributed by atoms with Crippen molar-refractivity contribution in [3.63, 3.8) is 0 Å². The fourth-order valence-electron chi connectivity index (χ4n) is 2.77. The summed E-state index contributed by atoms with van der Waals surface area (Å²) in [6.07, 6.45) is -0.878. The van der Waals surface area contributed by atoms with Crippen molar-refractivity contribution in [2.24, 2.45) is 0 Å². The van der Waals surface area contributed by atoms with Gasteiger partial charge in [-0.05, 0) is 25.5 Å². The Bertz CT molecular complexity index is 965. The molecule has 28 heavy (non-hydrogen) atoms. The number of carbonyl (C=O) groups excluding carboxylic acids is 2. The first-order valence-corrected chi connectivity index (χ1v) is 9.79. The van der Waals surface area contributed by atoms with Gasteiger partial charge in [-0.25, -0.2) is 4.79 Å². The molecule has 1 amide bonds. The normalized spacial score (nSPS) is 12.1. The number of ether oxygens (including phenoxy) is 2. The average Bonchev–Trinajstić information content (AvgIpc) is 3.24. The van der Waals surface area contributed by atoms with Gasteiger partial charge in [-0.3, -0.25) is 9.48 Å². The molecule has 2 heterocycles. The summed E-state index contributed by atoms with van der Waals surface area (Å²) in [4.78, 5) is 25.8. The van der Waals surface area contributed by atoms with Gasteiger partial charge in [0.25, 0.3) is 5.91 Å². The van der Waals surface area contributed by atoms with Crippen LogP contribution in [0.5, 0.6) is 0 Å². The Morgan fingerprint density at radius 1 is 1.29 bits per heavy atom. The number of hydrogen-bond acceptors (Lipinski definition) is 6. The molecule has 8 heteroatoms. The zero-order valence-electron chi connectivity index (χ0n) is 16.1. The first kappa shape index (κ1) is 20.0. The van der Waals surface area contributed by atoms with E-state index < -0.39 is 12.1 Å². The highest BCUT2D eigenvalue weighted by molar-refractivity contribution is 7.20. The second-order valence-corrected chi connectivity index (χ2v) is 7.42. The molecule has 1 atom stereocenters. The number of rotatable bonds is 8. The topological polar surface area (TPSA) is 82.4 Å². The molecule has 0 saturated heterocycles. The highest BCUT2D eigenvalue weighted by Crippen LogP contribution is 2.29.